The molecule has 6 nitrogen and oxygen atoms in total. The van der Waals surface area contributed by atoms with Crippen molar-refractivity contribution in [2.24, 2.45) is 5.92 Å². The number of ether oxygens (including phenoxy) is 1. The average molecular weight is 540 g/mol. The minimum atomic E-state index is -0.609. The summed E-state index contributed by atoms with van der Waals surface area (Å²) in [7, 11) is 0. The van der Waals surface area contributed by atoms with Crippen LogP contribution in [-0.2, 0) is 17.8 Å². The third-order valence-electron chi connectivity index (χ3n) is 9.33. The molecule has 1 saturated heterocycles. The maximum absolute atomic E-state index is 13.1. The van der Waals surface area contributed by atoms with Gasteiger partial charge in [0.15, 0.2) is 0 Å². The van der Waals surface area contributed by atoms with Crippen molar-refractivity contribution >= 4 is 27.6 Å². The van der Waals surface area contributed by atoms with Gasteiger partial charge >= 0.3 is 5.63 Å². The number of carbonyl (C=O) groups excluding carboxylic acids is 1. The smallest absolute Gasteiger partial charge is 0.339 e. The van der Waals surface area contributed by atoms with Gasteiger partial charge in [0.2, 0.25) is 5.91 Å². The number of amides is 1. The van der Waals surface area contributed by atoms with Crippen molar-refractivity contribution in [2.45, 2.75) is 71.0 Å². The second-order valence-corrected chi connectivity index (χ2v) is 11.6. The van der Waals surface area contributed by atoms with E-state index in [2.05, 4.69) is 31.2 Å². The number of benzene rings is 3. The van der Waals surface area contributed by atoms with Crippen LogP contribution in [0.25, 0.3) is 21.7 Å². The Morgan fingerprint density at radius 2 is 1.90 bits per heavy atom. The lowest BCUT2D eigenvalue weighted by atomic mass is 9.71. The highest BCUT2D eigenvalue weighted by atomic mass is 16.5. The molecule has 1 amide bonds. The van der Waals surface area contributed by atoms with E-state index >= 15 is 0 Å². The standard InChI is InChI=1S/C34H37NO5/c1-22-25(11-10-24-7-3-4-9-28(22)24)21-39-27-12-13-29-23(2)30(33(37)40-31(29)19-27)14-15-32(36)35-18-17-34(38)16-6-5-8-26(34)20-35/h3-4,7,9-13,19,26,38H,5-6,8,14-18,20-21H2,1-2H3/t26-,34-/m1/s1. The molecule has 2 atom stereocenters. The first-order valence-corrected chi connectivity index (χ1v) is 14.5. The van der Waals surface area contributed by atoms with Crippen LogP contribution in [0.3, 0.4) is 0 Å². The highest BCUT2D eigenvalue weighted by Gasteiger charge is 2.43. The topological polar surface area (TPSA) is 80.0 Å². The zero-order valence-electron chi connectivity index (χ0n) is 23.4. The quantitative estimate of drug-likeness (QED) is 0.294. The van der Waals surface area contributed by atoms with Crippen molar-refractivity contribution in [3.05, 3.63) is 87.3 Å². The number of hydrogen-bond donors (Lipinski definition) is 1. The predicted octanol–water partition coefficient (Wildman–Crippen LogP) is 6.23. The molecule has 6 rings (SSSR count). The summed E-state index contributed by atoms with van der Waals surface area (Å²) in [4.78, 5) is 27.9. The number of nitrogens with zero attached hydrogens (tertiary/aromatic N) is 1. The molecular weight excluding hydrogens is 502 g/mol. The van der Waals surface area contributed by atoms with Crippen molar-refractivity contribution in [1.82, 2.24) is 4.90 Å². The number of piperidine rings is 1. The normalized spacial score (nSPS) is 21.0. The lowest BCUT2D eigenvalue weighted by molar-refractivity contribution is -0.143. The molecule has 2 fully saturated rings. The summed E-state index contributed by atoms with van der Waals surface area (Å²) in [5.74, 6) is 0.838. The highest BCUT2D eigenvalue weighted by molar-refractivity contribution is 5.86. The van der Waals surface area contributed by atoms with Crippen LogP contribution in [0, 0.1) is 19.8 Å². The molecule has 40 heavy (non-hydrogen) atoms. The molecule has 3 aromatic carbocycles. The van der Waals surface area contributed by atoms with Gasteiger partial charge < -0.3 is 19.2 Å². The van der Waals surface area contributed by atoms with Gasteiger partial charge in [0.25, 0.3) is 0 Å². The Kier molecular flexibility index (Phi) is 7.13. The maximum Gasteiger partial charge on any atom is 0.339 e. The average Bonchev–Trinajstić information content (AvgIpc) is 2.96. The number of rotatable bonds is 6. The molecule has 2 aliphatic rings. The lowest BCUT2D eigenvalue weighted by Gasteiger charge is -2.47. The van der Waals surface area contributed by atoms with E-state index in [1.165, 1.54) is 16.3 Å². The fourth-order valence-electron chi connectivity index (χ4n) is 6.73. The van der Waals surface area contributed by atoms with Crippen molar-refractivity contribution in [3.8, 4) is 5.75 Å². The summed E-state index contributed by atoms with van der Waals surface area (Å²) >= 11 is 0. The number of likely N-dealkylation sites (tertiary alicyclic amines) is 1. The minimum absolute atomic E-state index is 0.0410. The van der Waals surface area contributed by atoms with Crippen LogP contribution >= 0.6 is 0 Å². The molecular formula is C34H37NO5. The minimum Gasteiger partial charge on any atom is -0.489 e. The monoisotopic (exact) mass is 539 g/mol. The molecule has 1 N–H and O–H groups in total. The van der Waals surface area contributed by atoms with Crippen molar-refractivity contribution in [1.29, 1.82) is 0 Å². The maximum atomic E-state index is 13.1. The van der Waals surface area contributed by atoms with E-state index in [1.54, 1.807) is 6.07 Å². The third kappa shape index (κ3) is 5.01. The fraction of sp³-hybridized carbons (Fsp3) is 0.412. The van der Waals surface area contributed by atoms with Crippen molar-refractivity contribution < 1.29 is 19.1 Å². The van der Waals surface area contributed by atoms with E-state index in [9.17, 15) is 14.7 Å². The van der Waals surface area contributed by atoms with Crippen LogP contribution < -0.4 is 10.4 Å². The summed E-state index contributed by atoms with van der Waals surface area (Å²) in [6, 6.07) is 18.1. The van der Waals surface area contributed by atoms with Gasteiger partial charge in [-0.15, -0.1) is 0 Å². The molecule has 0 spiro atoms. The molecule has 2 heterocycles. The SMILES string of the molecule is Cc1c(COc2ccc3c(C)c(CCC(=O)N4CC[C@]5(O)CCCC[C@@H]5C4)c(=O)oc3c2)ccc2ccccc12. The molecule has 208 valence electrons. The largest absolute Gasteiger partial charge is 0.489 e. The third-order valence-corrected chi connectivity index (χ3v) is 9.33. The van der Waals surface area contributed by atoms with Crippen LogP contribution in [0.5, 0.6) is 5.75 Å². The fourth-order valence-corrected chi connectivity index (χ4v) is 6.73. The first-order valence-electron chi connectivity index (χ1n) is 14.5. The Morgan fingerprint density at radius 3 is 2.77 bits per heavy atom. The van der Waals surface area contributed by atoms with Gasteiger partial charge in [0, 0.05) is 42.4 Å². The molecule has 6 heteroatoms. The predicted molar refractivity (Wildman–Crippen MR) is 157 cm³/mol. The molecule has 1 saturated carbocycles. The van der Waals surface area contributed by atoms with Gasteiger partial charge in [-0.25, -0.2) is 4.79 Å². The van der Waals surface area contributed by atoms with Crippen molar-refractivity contribution in [3.63, 3.8) is 0 Å². The number of aliphatic hydroxyl groups is 1. The number of fused-ring (bicyclic) bond motifs is 3. The highest BCUT2D eigenvalue weighted by Crippen LogP contribution is 2.40. The van der Waals surface area contributed by atoms with Gasteiger partial charge in [-0.3, -0.25) is 4.79 Å². The first-order chi connectivity index (χ1) is 19.3. The van der Waals surface area contributed by atoms with Gasteiger partial charge in [-0.1, -0.05) is 49.2 Å². The molecule has 4 aromatic rings. The molecule has 0 radical (unpaired) electrons. The van der Waals surface area contributed by atoms with Crippen LogP contribution in [0.1, 0.15) is 60.8 Å². The van der Waals surface area contributed by atoms with Crippen LogP contribution in [0.2, 0.25) is 0 Å². The number of aryl methyl sites for hydroxylation is 2. The van der Waals surface area contributed by atoms with Crippen LogP contribution in [-0.4, -0.2) is 34.6 Å². The van der Waals surface area contributed by atoms with E-state index in [0.29, 0.717) is 49.4 Å². The zero-order valence-corrected chi connectivity index (χ0v) is 23.4. The zero-order chi connectivity index (χ0) is 27.9. The van der Waals surface area contributed by atoms with Crippen LogP contribution in [0.15, 0.2) is 63.8 Å². The van der Waals surface area contributed by atoms with Gasteiger partial charge in [-0.05, 0) is 79.1 Å². The Morgan fingerprint density at radius 1 is 1.05 bits per heavy atom. The Hall–Kier alpha value is -3.64. The van der Waals surface area contributed by atoms with E-state index < -0.39 is 11.2 Å². The van der Waals surface area contributed by atoms with E-state index in [-0.39, 0.29) is 18.2 Å². The summed E-state index contributed by atoms with van der Waals surface area (Å²) in [5.41, 5.74) is 3.17. The molecule has 1 aromatic heterocycles. The summed E-state index contributed by atoms with van der Waals surface area (Å²) in [6.07, 6.45) is 5.24. The summed E-state index contributed by atoms with van der Waals surface area (Å²) in [5, 5.41) is 14.2. The lowest BCUT2D eigenvalue weighted by Crippen LogP contribution is -2.54. The van der Waals surface area contributed by atoms with E-state index in [1.807, 2.05) is 36.1 Å². The first kappa shape index (κ1) is 26.6. The van der Waals surface area contributed by atoms with Gasteiger partial charge in [0.05, 0.1) is 5.60 Å². The van der Waals surface area contributed by atoms with Gasteiger partial charge in [0.1, 0.15) is 17.9 Å². The summed E-state index contributed by atoms with van der Waals surface area (Å²) < 4.78 is 11.8. The molecule has 0 bridgehead atoms. The molecule has 1 aliphatic heterocycles. The Labute approximate surface area is 234 Å². The Bertz CT molecular complexity index is 1640. The summed E-state index contributed by atoms with van der Waals surface area (Å²) in [6.45, 7) is 5.64. The van der Waals surface area contributed by atoms with E-state index in [0.717, 1.165) is 42.2 Å². The molecule has 0 unspecified atom stereocenters. The van der Waals surface area contributed by atoms with E-state index in [4.69, 9.17) is 9.15 Å². The number of hydrogen-bond acceptors (Lipinski definition) is 5. The van der Waals surface area contributed by atoms with Crippen LogP contribution in [0.4, 0.5) is 0 Å². The molecule has 1 aliphatic carbocycles. The Balaban J connectivity index is 1.13. The van der Waals surface area contributed by atoms with Crippen molar-refractivity contribution in [2.75, 3.05) is 13.1 Å². The second kappa shape index (κ2) is 10.7. The van der Waals surface area contributed by atoms with Gasteiger partial charge in [-0.2, -0.15) is 0 Å². The number of carbonyl (C=O) groups is 1. The second-order valence-electron chi connectivity index (χ2n) is 11.6.